The maximum absolute atomic E-state index is 15.7. The molecule has 3 aliphatic rings. The van der Waals surface area contributed by atoms with E-state index in [1.54, 1.807) is 28.9 Å². The van der Waals surface area contributed by atoms with Crippen molar-refractivity contribution >= 4 is 34.5 Å². The minimum atomic E-state index is -0.766. The Balaban J connectivity index is 0.987. The fourth-order valence-corrected chi connectivity index (χ4v) is 6.72. The van der Waals surface area contributed by atoms with Crippen molar-refractivity contribution in [2.24, 2.45) is 5.73 Å². The topological polar surface area (TPSA) is 131 Å². The first-order chi connectivity index (χ1) is 21.3. The lowest BCUT2D eigenvalue weighted by Crippen LogP contribution is -2.52. The van der Waals surface area contributed by atoms with Crippen LogP contribution in [-0.2, 0) is 22.7 Å². The largest absolute Gasteiger partial charge is 0.366 e. The highest BCUT2D eigenvalue weighted by molar-refractivity contribution is 6.06. The predicted octanol–water partition coefficient (Wildman–Crippen LogP) is 3.40. The van der Waals surface area contributed by atoms with Crippen molar-refractivity contribution < 1.29 is 23.6 Å². The van der Waals surface area contributed by atoms with E-state index in [0.717, 1.165) is 37.0 Å². The van der Waals surface area contributed by atoms with Gasteiger partial charge in [-0.2, -0.15) is 5.10 Å². The van der Waals surface area contributed by atoms with E-state index in [1.807, 2.05) is 24.4 Å². The minimum absolute atomic E-state index is 0.0268. The van der Waals surface area contributed by atoms with Crippen molar-refractivity contribution in [1.29, 1.82) is 0 Å². The van der Waals surface area contributed by atoms with E-state index in [4.69, 9.17) is 5.73 Å². The first-order valence-corrected chi connectivity index (χ1v) is 14.8. The summed E-state index contributed by atoms with van der Waals surface area (Å²) in [6.07, 6.45) is 4.15. The van der Waals surface area contributed by atoms with E-state index in [-0.39, 0.29) is 36.8 Å². The lowest BCUT2D eigenvalue weighted by atomic mass is 9.89. The number of nitrogens with zero attached hydrogens (tertiary/aromatic N) is 4. The smallest absolute Gasteiger partial charge is 0.255 e. The Kier molecular flexibility index (Phi) is 6.97. The van der Waals surface area contributed by atoms with E-state index in [1.165, 1.54) is 10.5 Å². The number of halogens is 1. The number of piperidine rings is 2. The van der Waals surface area contributed by atoms with Crippen LogP contribution in [-0.4, -0.2) is 62.3 Å². The van der Waals surface area contributed by atoms with Crippen LogP contribution in [0.5, 0.6) is 0 Å². The average molecular weight is 595 g/mol. The van der Waals surface area contributed by atoms with Crippen molar-refractivity contribution in [3.8, 4) is 5.69 Å². The monoisotopic (exact) mass is 594 g/mol. The molecule has 4 amide bonds. The Morgan fingerprint density at radius 1 is 1.00 bits per heavy atom. The van der Waals surface area contributed by atoms with Crippen molar-refractivity contribution in [3.63, 3.8) is 0 Å². The number of nitrogens with one attached hydrogen (secondary N) is 1. The summed E-state index contributed by atoms with van der Waals surface area (Å²) in [6.45, 7) is 2.09. The zero-order valence-electron chi connectivity index (χ0n) is 24.0. The molecule has 3 aromatic carbocycles. The van der Waals surface area contributed by atoms with Crippen LogP contribution in [0, 0.1) is 5.82 Å². The van der Waals surface area contributed by atoms with Crippen LogP contribution < -0.4 is 11.1 Å². The summed E-state index contributed by atoms with van der Waals surface area (Å²) in [7, 11) is 0. The van der Waals surface area contributed by atoms with Crippen LogP contribution in [0.1, 0.15) is 69.0 Å². The Bertz CT molecular complexity index is 1830. The first kappa shape index (κ1) is 27.9. The number of fused-ring (bicyclic) bond motifs is 2. The van der Waals surface area contributed by atoms with Gasteiger partial charge < -0.3 is 10.6 Å². The van der Waals surface area contributed by atoms with Crippen LogP contribution >= 0.6 is 0 Å². The number of hydrogen-bond acceptors (Lipinski definition) is 6. The standard InChI is InChI=1S/C33H31FN6O4/c34-29-21(6-9-24-26(29)18-39(33(24)44)27-10-11-28(41)36-32(27)43)16-38-14-12-20(13-15-38)19-4-7-23(8-5-19)40-17-22-2-1-3-25(31(35)42)30(22)37-40/h1-9,17,20,27H,10-16,18H2,(H2,35,42)(H,36,41,43). The van der Waals surface area contributed by atoms with E-state index in [0.29, 0.717) is 34.7 Å². The van der Waals surface area contributed by atoms with Crippen LogP contribution in [0.15, 0.2) is 60.8 Å². The molecule has 0 spiro atoms. The molecule has 3 N–H and O–H groups in total. The highest BCUT2D eigenvalue weighted by Crippen LogP contribution is 2.33. The summed E-state index contributed by atoms with van der Waals surface area (Å²) in [5, 5.41) is 7.71. The fraction of sp³-hybridized carbons (Fsp3) is 0.303. The lowest BCUT2D eigenvalue weighted by Gasteiger charge is -2.32. The molecule has 2 fully saturated rings. The molecule has 11 heteroatoms. The number of carbonyl (C=O) groups excluding carboxylic acids is 4. The van der Waals surface area contributed by atoms with Gasteiger partial charge in [0.25, 0.3) is 11.8 Å². The number of nitrogens with two attached hydrogens (primary N) is 1. The average Bonchev–Trinajstić information content (AvgIpc) is 3.61. The molecule has 1 atom stereocenters. The number of primary amides is 1. The molecule has 0 saturated carbocycles. The fourth-order valence-electron chi connectivity index (χ4n) is 6.72. The number of amides is 4. The Labute approximate surface area is 252 Å². The molecular weight excluding hydrogens is 563 g/mol. The van der Waals surface area contributed by atoms with Crippen molar-refractivity contribution in [2.75, 3.05) is 13.1 Å². The van der Waals surface area contributed by atoms with Crippen LogP contribution in [0.2, 0.25) is 0 Å². The highest BCUT2D eigenvalue weighted by atomic mass is 19.1. The number of aromatic nitrogens is 2. The summed E-state index contributed by atoms with van der Waals surface area (Å²) in [6, 6.07) is 16.2. The number of rotatable bonds is 6. The molecule has 1 unspecified atom stereocenters. The van der Waals surface area contributed by atoms with E-state index >= 15 is 4.39 Å². The van der Waals surface area contributed by atoms with E-state index < -0.39 is 23.7 Å². The van der Waals surface area contributed by atoms with Gasteiger partial charge in [-0.05, 0) is 68.1 Å². The number of likely N-dealkylation sites (tertiary alicyclic amines) is 1. The molecule has 4 aromatic rings. The molecule has 0 radical (unpaired) electrons. The molecule has 44 heavy (non-hydrogen) atoms. The zero-order valence-corrected chi connectivity index (χ0v) is 24.0. The van der Waals surface area contributed by atoms with Crippen molar-refractivity contribution in [3.05, 3.63) is 94.4 Å². The van der Waals surface area contributed by atoms with Gasteiger partial charge in [-0.15, -0.1) is 0 Å². The highest BCUT2D eigenvalue weighted by Gasteiger charge is 2.40. The third-order valence-electron chi connectivity index (χ3n) is 9.14. The number of benzene rings is 3. The molecule has 0 bridgehead atoms. The van der Waals surface area contributed by atoms with Gasteiger partial charge in [-0.25, -0.2) is 9.07 Å². The quantitative estimate of drug-likeness (QED) is 0.329. The molecule has 1 aromatic heterocycles. The summed E-state index contributed by atoms with van der Waals surface area (Å²) in [4.78, 5) is 52.2. The Hall–Kier alpha value is -4.90. The lowest BCUT2D eigenvalue weighted by molar-refractivity contribution is -0.136. The molecule has 4 heterocycles. The summed E-state index contributed by atoms with van der Waals surface area (Å²) < 4.78 is 17.4. The molecular formula is C33H31FN6O4. The summed E-state index contributed by atoms with van der Waals surface area (Å²) >= 11 is 0. The first-order valence-electron chi connectivity index (χ1n) is 14.8. The van der Waals surface area contributed by atoms with Gasteiger partial charge in [0, 0.05) is 41.2 Å². The second kappa shape index (κ2) is 11.0. The molecule has 0 aliphatic carbocycles. The van der Waals surface area contributed by atoms with Crippen molar-refractivity contribution in [2.45, 2.75) is 50.7 Å². The van der Waals surface area contributed by atoms with Gasteiger partial charge >= 0.3 is 0 Å². The van der Waals surface area contributed by atoms with Gasteiger partial charge in [0.1, 0.15) is 17.4 Å². The summed E-state index contributed by atoms with van der Waals surface area (Å²) in [5.41, 5.74) is 9.75. The normalized spacial score (nSPS) is 19.4. The third kappa shape index (κ3) is 4.92. The van der Waals surface area contributed by atoms with Gasteiger partial charge in [0.05, 0.1) is 17.8 Å². The molecule has 10 nitrogen and oxygen atoms in total. The van der Waals surface area contributed by atoms with Gasteiger partial charge in [0.15, 0.2) is 0 Å². The number of carbonyl (C=O) groups is 4. The maximum Gasteiger partial charge on any atom is 0.255 e. The molecule has 3 aliphatic heterocycles. The van der Waals surface area contributed by atoms with Gasteiger partial charge in [-0.1, -0.05) is 30.3 Å². The number of imide groups is 1. The molecule has 7 rings (SSSR count). The summed E-state index contributed by atoms with van der Waals surface area (Å²) in [5.74, 6) is -1.75. The van der Waals surface area contributed by atoms with Gasteiger partial charge in [0.2, 0.25) is 11.8 Å². The van der Waals surface area contributed by atoms with Crippen LogP contribution in [0.3, 0.4) is 0 Å². The SMILES string of the molecule is NC(=O)c1cccc2cn(-c3ccc(C4CCN(Cc5ccc6c(c5F)CN(C5CCC(=O)NC5=O)C6=O)CC4)cc3)nc12. The van der Waals surface area contributed by atoms with Crippen LogP contribution in [0.4, 0.5) is 4.39 Å². The maximum atomic E-state index is 15.7. The molecule has 224 valence electrons. The second-order valence-electron chi connectivity index (χ2n) is 11.8. The third-order valence-corrected chi connectivity index (χ3v) is 9.14. The number of hydrogen-bond donors (Lipinski definition) is 2. The van der Waals surface area contributed by atoms with E-state index in [9.17, 15) is 19.2 Å². The van der Waals surface area contributed by atoms with Crippen LogP contribution in [0.25, 0.3) is 16.6 Å². The van der Waals surface area contributed by atoms with E-state index in [2.05, 4.69) is 27.4 Å². The van der Waals surface area contributed by atoms with Gasteiger partial charge in [-0.3, -0.25) is 29.4 Å². The second-order valence-corrected chi connectivity index (χ2v) is 11.8. The van der Waals surface area contributed by atoms with Crippen molar-refractivity contribution in [1.82, 2.24) is 24.9 Å². The Morgan fingerprint density at radius 3 is 2.50 bits per heavy atom. The molecule has 2 saturated heterocycles. The zero-order chi connectivity index (χ0) is 30.5. The minimum Gasteiger partial charge on any atom is -0.366 e. The predicted molar refractivity (Wildman–Crippen MR) is 159 cm³/mol. The Morgan fingerprint density at radius 2 is 1.77 bits per heavy atom.